The van der Waals surface area contributed by atoms with Crippen molar-refractivity contribution in [2.24, 2.45) is 11.0 Å². The summed E-state index contributed by atoms with van der Waals surface area (Å²) in [6, 6.07) is 15.8. The highest BCUT2D eigenvalue weighted by atomic mass is 16.2. The predicted molar refractivity (Wildman–Crippen MR) is 102 cm³/mol. The third-order valence-corrected chi connectivity index (χ3v) is 4.59. The number of carbonyl (C=O) groups is 1. The quantitative estimate of drug-likeness (QED) is 0.681. The first-order valence-corrected chi connectivity index (χ1v) is 8.82. The molecule has 1 amide bonds. The molecule has 3 aromatic rings. The number of hydrogen-bond donors (Lipinski definition) is 0. The zero-order valence-corrected chi connectivity index (χ0v) is 14.7. The van der Waals surface area contributed by atoms with Gasteiger partial charge in [0.15, 0.2) is 0 Å². The van der Waals surface area contributed by atoms with Gasteiger partial charge in [-0.25, -0.2) is 5.01 Å². The summed E-state index contributed by atoms with van der Waals surface area (Å²) in [4.78, 5) is 21.1. The lowest BCUT2D eigenvalue weighted by Crippen LogP contribution is -2.22. The Bertz CT molecular complexity index is 963. The summed E-state index contributed by atoms with van der Waals surface area (Å²) < 4.78 is 0. The third kappa shape index (κ3) is 3.33. The number of benzene rings is 1. The van der Waals surface area contributed by atoms with Crippen molar-refractivity contribution in [2.45, 2.75) is 19.8 Å². The summed E-state index contributed by atoms with van der Waals surface area (Å²) in [5.41, 5.74) is 3.67. The first kappa shape index (κ1) is 16.4. The van der Waals surface area contributed by atoms with Crippen LogP contribution in [0.5, 0.6) is 0 Å². The van der Waals surface area contributed by atoms with Gasteiger partial charge in [-0.15, -0.1) is 0 Å². The van der Waals surface area contributed by atoms with Crippen molar-refractivity contribution in [3.05, 3.63) is 72.2 Å². The molecule has 26 heavy (non-hydrogen) atoms. The van der Waals surface area contributed by atoms with Crippen molar-refractivity contribution in [1.29, 1.82) is 0 Å². The molecule has 1 aliphatic rings. The highest BCUT2D eigenvalue weighted by Crippen LogP contribution is 2.21. The average molecular weight is 344 g/mol. The second kappa shape index (κ2) is 7.04. The fourth-order valence-corrected chi connectivity index (χ4v) is 3.31. The van der Waals surface area contributed by atoms with E-state index < -0.39 is 0 Å². The molecule has 0 aliphatic carbocycles. The number of pyridine rings is 2. The van der Waals surface area contributed by atoms with E-state index in [4.69, 9.17) is 5.10 Å². The second-order valence-electron chi connectivity index (χ2n) is 6.71. The minimum absolute atomic E-state index is 0.0746. The van der Waals surface area contributed by atoms with Gasteiger partial charge in [0.1, 0.15) is 0 Å². The van der Waals surface area contributed by atoms with Crippen LogP contribution in [0.3, 0.4) is 0 Å². The predicted octanol–water partition coefficient (Wildman–Crippen LogP) is 3.45. The van der Waals surface area contributed by atoms with Gasteiger partial charge in [0.25, 0.3) is 0 Å². The molecule has 5 nitrogen and oxygen atoms in total. The van der Waals surface area contributed by atoms with Crippen LogP contribution in [0, 0.1) is 5.92 Å². The van der Waals surface area contributed by atoms with Crippen molar-refractivity contribution >= 4 is 22.5 Å². The Hall–Kier alpha value is -3.08. The van der Waals surface area contributed by atoms with Gasteiger partial charge >= 0.3 is 0 Å². The van der Waals surface area contributed by atoms with Crippen LogP contribution in [-0.4, -0.2) is 33.1 Å². The van der Waals surface area contributed by atoms with Gasteiger partial charge in [-0.3, -0.25) is 14.8 Å². The van der Waals surface area contributed by atoms with Crippen LogP contribution in [0.15, 0.2) is 66.0 Å². The van der Waals surface area contributed by atoms with E-state index in [0.717, 1.165) is 27.9 Å². The maximum Gasteiger partial charge on any atom is 0.243 e. The number of nitrogens with zero attached hydrogens (tertiary/aromatic N) is 4. The summed E-state index contributed by atoms with van der Waals surface area (Å²) in [5, 5.41) is 7.39. The van der Waals surface area contributed by atoms with Crippen molar-refractivity contribution in [3.63, 3.8) is 0 Å². The maximum absolute atomic E-state index is 12.2. The molecule has 4 rings (SSSR count). The van der Waals surface area contributed by atoms with E-state index in [9.17, 15) is 4.79 Å². The lowest BCUT2D eigenvalue weighted by molar-refractivity contribution is -0.127. The van der Waals surface area contributed by atoms with Crippen LogP contribution in [0.1, 0.15) is 24.6 Å². The first-order chi connectivity index (χ1) is 12.7. The fraction of sp³-hybridized carbons (Fsp3) is 0.238. The van der Waals surface area contributed by atoms with Crippen LogP contribution in [0.2, 0.25) is 0 Å². The van der Waals surface area contributed by atoms with Crippen molar-refractivity contribution < 1.29 is 4.79 Å². The number of aromatic nitrogens is 2. The molecule has 1 saturated heterocycles. The lowest BCUT2D eigenvalue weighted by atomic mass is 10.0. The molecule has 2 aromatic heterocycles. The third-order valence-electron chi connectivity index (χ3n) is 4.59. The van der Waals surface area contributed by atoms with E-state index in [1.54, 1.807) is 11.2 Å². The average Bonchev–Trinajstić information content (AvgIpc) is 2.99. The molecule has 0 N–H and O–H groups in total. The highest BCUT2D eigenvalue weighted by molar-refractivity contribution is 6.02. The molecule has 130 valence electrons. The van der Waals surface area contributed by atoms with E-state index in [1.165, 1.54) is 0 Å². The Morgan fingerprint density at radius 3 is 2.73 bits per heavy atom. The van der Waals surface area contributed by atoms with E-state index >= 15 is 0 Å². The van der Waals surface area contributed by atoms with Gasteiger partial charge in [0, 0.05) is 37.2 Å². The minimum atomic E-state index is 0.0746. The van der Waals surface area contributed by atoms with Crippen LogP contribution < -0.4 is 0 Å². The van der Waals surface area contributed by atoms with Gasteiger partial charge in [0.05, 0.1) is 16.9 Å². The number of rotatable bonds is 4. The van der Waals surface area contributed by atoms with Crippen LogP contribution >= 0.6 is 0 Å². The first-order valence-electron chi connectivity index (χ1n) is 8.82. The molecule has 1 atom stereocenters. The minimum Gasteiger partial charge on any atom is -0.273 e. The van der Waals surface area contributed by atoms with E-state index in [-0.39, 0.29) is 5.91 Å². The van der Waals surface area contributed by atoms with Crippen molar-refractivity contribution in [3.8, 4) is 0 Å². The molecule has 1 fully saturated rings. The molecule has 0 bridgehead atoms. The molecule has 0 saturated carbocycles. The van der Waals surface area contributed by atoms with E-state index in [0.29, 0.717) is 25.3 Å². The van der Waals surface area contributed by atoms with Gasteiger partial charge in [-0.05, 0) is 35.7 Å². The van der Waals surface area contributed by atoms with E-state index in [2.05, 4.69) is 23.0 Å². The standard InChI is InChI=1S/C21H20N4O/c1-15-12-21(26)25(14-15)24-20(19-8-4-5-10-22-19)13-16-9-11-23-18-7-3-2-6-17(16)18/h2-11,15H,12-14H2,1H3/b24-20+. The largest absolute Gasteiger partial charge is 0.273 e. The lowest BCUT2D eigenvalue weighted by Gasteiger charge is -2.14. The SMILES string of the molecule is CC1CC(=O)N(/N=C(\Cc2ccnc3ccccc23)c2ccccn2)C1. The number of fused-ring (bicyclic) bond motifs is 1. The monoisotopic (exact) mass is 344 g/mol. The number of carbonyl (C=O) groups excluding carboxylic acids is 1. The summed E-state index contributed by atoms with van der Waals surface area (Å²) in [5.74, 6) is 0.406. The van der Waals surface area contributed by atoms with Gasteiger partial charge < -0.3 is 0 Å². The number of hydrogen-bond acceptors (Lipinski definition) is 4. The molecule has 1 aromatic carbocycles. The smallest absolute Gasteiger partial charge is 0.243 e. The van der Waals surface area contributed by atoms with E-state index in [1.807, 2.05) is 48.7 Å². The molecular formula is C21H20N4O. The van der Waals surface area contributed by atoms with Crippen molar-refractivity contribution in [1.82, 2.24) is 15.0 Å². The van der Waals surface area contributed by atoms with Crippen LogP contribution in [0.4, 0.5) is 0 Å². The normalized spacial score (nSPS) is 17.9. The Morgan fingerprint density at radius 2 is 1.96 bits per heavy atom. The van der Waals surface area contributed by atoms with Crippen LogP contribution in [0.25, 0.3) is 10.9 Å². The number of para-hydroxylation sites is 1. The molecular weight excluding hydrogens is 324 g/mol. The van der Waals surface area contributed by atoms with Crippen LogP contribution in [-0.2, 0) is 11.2 Å². The van der Waals surface area contributed by atoms with Gasteiger partial charge in [0.2, 0.25) is 5.91 Å². The second-order valence-corrected chi connectivity index (χ2v) is 6.71. The molecule has 1 aliphatic heterocycles. The zero-order valence-electron chi connectivity index (χ0n) is 14.7. The topological polar surface area (TPSA) is 58.5 Å². The molecule has 1 unspecified atom stereocenters. The Labute approximate surface area is 152 Å². The summed E-state index contributed by atoms with van der Waals surface area (Å²) in [7, 11) is 0. The van der Waals surface area contributed by atoms with Gasteiger partial charge in [-0.2, -0.15) is 5.10 Å². The highest BCUT2D eigenvalue weighted by Gasteiger charge is 2.27. The number of amides is 1. The Kier molecular flexibility index (Phi) is 4.44. The summed E-state index contributed by atoms with van der Waals surface area (Å²) in [6.07, 6.45) is 4.72. The fourth-order valence-electron chi connectivity index (χ4n) is 3.31. The molecule has 0 radical (unpaired) electrons. The number of hydrazone groups is 1. The maximum atomic E-state index is 12.2. The van der Waals surface area contributed by atoms with Gasteiger partial charge in [-0.1, -0.05) is 31.2 Å². The zero-order chi connectivity index (χ0) is 17.9. The molecule has 0 spiro atoms. The van der Waals surface area contributed by atoms with Crippen molar-refractivity contribution in [2.75, 3.05) is 6.54 Å². The summed E-state index contributed by atoms with van der Waals surface area (Å²) >= 11 is 0. The summed E-state index contributed by atoms with van der Waals surface area (Å²) in [6.45, 7) is 2.73. The Balaban J connectivity index is 1.75. The molecule has 5 heteroatoms. The molecule has 3 heterocycles. The Morgan fingerprint density at radius 1 is 1.12 bits per heavy atom.